The lowest BCUT2D eigenvalue weighted by molar-refractivity contribution is -0.144. The molecule has 0 aliphatic heterocycles. The summed E-state index contributed by atoms with van der Waals surface area (Å²) < 4.78 is 0. The summed E-state index contributed by atoms with van der Waals surface area (Å²) in [5.41, 5.74) is -0.0436. The number of aromatic nitrogens is 2. The number of aliphatic carboxylic acids is 1. The van der Waals surface area contributed by atoms with Gasteiger partial charge in [0.2, 0.25) is 5.91 Å². The molecule has 1 aromatic rings. The van der Waals surface area contributed by atoms with Crippen LogP contribution in [0, 0.1) is 11.8 Å². The number of hydrogen-bond acceptors (Lipinski definition) is 5. The Hall–Kier alpha value is -1.50. The summed E-state index contributed by atoms with van der Waals surface area (Å²) in [5.74, 6) is -1.46. The van der Waals surface area contributed by atoms with Crippen LogP contribution in [0.3, 0.4) is 0 Å². The molecule has 1 saturated carbocycles. The van der Waals surface area contributed by atoms with Crippen molar-refractivity contribution in [3.8, 4) is 0 Å². The summed E-state index contributed by atoms with van der Waals surface area (Å²) in [5, 5.41) is 21.9. The number of nitrogens with one attached hydrogen (secondary N) is 1. The lowest BCUT2D eigenvalue weighted by Crippen LogP contribution is -2.35. The van der Waals surface area contributed by atoms with Crippen LogP contribution in [0.25, 0.3) is 0 Å². The second kappa shape index (κ2) is 6.73. The van der Waals surface area contributed by atoms with Crippen LogP contribution in [-0.2, 0) is 21.5 Å². The molecule has 1 fully saturated rings. The Kier molecular flexibility index (Phi) is 5.16. The number of hydrogen-bond donors (Lipinski definition) is 2. The highest BCUT2D eigenvalue weighted by atomic mass is 32.1. The van der Waals surface area contributed by atoms with E-state index < -0.39 is 11.9 Å². The van der Waals surface area contributed by atoms with Gasteiger partial charge in [0.15, 0.2) is 0 Å². The minimum Gasteiger partial charge on any atom is -0.481 e. The molecule has 0 saturated heterocycles. The Morgan fingerprint density at radius 1 is 1.27 bits per heavy atom. The van der Waals surface area contributed by atoms with Gasteiger partial charge in [-0.25, -0.2) is 0 Å². The third-order valence-electron chi connectivity index (χ3n) is 3.92. The summed E-state index contributed by atoms with van der Waals surface area (Å²) in [6.45, 7) is 6.58. The van der Waals surface area contributed by atoms with Gasteiger partial charge in [0.25, 0.3) is 0 Å². The molecule has 2 N–H and O–H groups in total. The van der Waals surface area contributed by atoms with Gasteiger partial charge in [-0.3, -0.25) is 9.59 Å². The van der Waals surface area contributed by atoms with Crippen molar-refractivity contribution in [3.63, 3.8) is 0 Å². The average Bonchev–Trinajstić information content (AvgIpc) is 2.94. The Morgan fingerprint density at radius 2 is 1.95 bits per heavy atom. The van der Waals surface area contributed by atoms with E-state index in [9.17, 15) is 9.59 Å². The quantitative estimate of drug-likeness (QED) is 0.886. The fraction of sp³-hybridized carbons (Fsp3) is 0.733. The van der Waals surface area contributed by atoms with E-state index in [1.54, 1.807) is 0 Å². The molecule has 122 valence electrons. The average molecular weight is 325 g/mol. The molecular weight excluding hydrogens is 302 g/mol. The van der Waals surface area contributed by atoms with E-state index in [1.165, 1.54) is 11.3 Å². The normalized spacial score (nSPS) is 22.3. The zero-order valence-electron chi connectivity index (χ0n) is 13.3. The van der Waals surface area contributed by atoms with Gasteiger partial charge in [0, 0.05) is 11.3 Å². The van der Waals surface area contributed by atoms with Crippen molar-refractivity contribution >= 4 is 23.2 Å². The third-order valence-corrected chi connectivity index (χ3v) is 5.27. The summed E-state index contributed by atoms with van der Waals surface area (Å²) in [7, 11) is 0. The lowest BCUT2D eigenvalue weighted by atomic mass is 9.81. The molecule has 1 aliphatic carbocycles. The summed E-state index contributed by atoms with van der Waals surface area (Å²) in [6, 6.07) is 0. The fourth-order valence-electron chi connectivity index (χ4n) is 2.59. The van der Waals surface area contributed by atoms with Crippen LogP contribution in [0.1, 0.15) is 56.5 Å². The molecular formula is C15H23N3O3S. The molecule has 2 rings (SSSR count). The number of rotatable bonds is 4. The molecule has 0 aromatic carbocycles. The summed E-state index contributed by atoms with van der Waals surface area (Å²) in [6.07, 6.45) is 2.66. The van der Waals surface area contributed by atoms with Gasteiger partial charge in [-0.05, 0) is 19.3 Å². The molecule has 7 heteroatoms. The van der Waals surface area contributed by atoms with Crippen molar-refractivity contribution in [1.29, 1.82) is 0 Å². The monoisotopic (exact) mass is 325 g/mol. The lowest BCUT2D eigenvalue weighted by Gasteiger charge is -2.25. The zero-order chi connectivity index (χ0) is 16.3. The van der Waals surface area contributed by atoms with Gasteiger partial charge in [0.1, 0.15) is 10.0 Å². The smallest absolute Gasteiger partial charge is 0.306 e. The van der Waals surface area contributed by atoms with Crippen molar-refractivity contribution < 1.29 is 14.7 Å². The molecule has 6 nitrogen and oxygen atoms in total. The minimum absolute atomic E-state index is 0.0436. The predicted molar refractivity (Wildman–Crippen MR) is 83.5 cm³/mol. The SMILES string of the molecule is CC(C)(C)c1nnc(CNC(=O)C2CCCC(C(=O)O)C2)s1. The number of amides is 1. The van der Waals surface area contributed by atoms with Crippen LogP contribution in [-0.4, -0.2) is 27.2 Å². The second-order valence-electron chi connectivity index (χ2n) is 6.87. The van der Waals surface area contributed by atoms with Crippen molar-refractivity contribution in [3.05, 3.63) is 10.0 Å². The molecule has 1 heterocycles. The van der Waals surface area contributed by atoms with Gasteiger partial charge in [-0.15, -0.1) is 10.2 Å². The Morgan fingerprint density at radius 3 is 2.55 bits per heavy atom. The Balaban J connectivity index is 1.87. The van der Waals surface area contributed by atoms with E-state index in [0.717, 1.165) is 22.9 Å². The van der Waals surface area contributed by atoms with Crippen molar-refractivity contribution in [2.24, 2.45) is 11.8 Å². The van der Waals surface area contributed by atoms with Gasteiger partial charge in [0.05, 0.1) is 12.5 Å². The van der Waals surface area contributed by atoms with Crippen LogP contribution in [0.15, 0.2) is 0 Å². The van der Waals surface area contributed by atoms with E-state index in [4.69, 9.17) is 5.11 Å². The number of carbonyl (C=O) groups is 2. The van der Waals surface area contributed by atoms with Crippen LogP contribution >= 0.6 is 11.3 Å². The fourth-order valence-corrected chi connectivity index (χ4v) is 3.42. The first-order chi connectivity index (χ1) is 10.3. The van der Waals surface area contributed by atoms with E-state index in [2.05, 4.69) is 36.3 Å². The van der Waals surface area contributed by atoms with Crippen LogP contribution in [0.2, 0.25) is 0 Å². The van der Waals surface area contributed by atoms with E-state index in [1.807, 2.05) is 0 Å². The summed E-state index contributed by atoms with van der Waals surface area (Å²) >= 11 is 1.50. The predicted octanol–water partition coefficient (Wildman–Crippen LogP) is 2.34. The van der Waals surface area contributed by atoms with E-state index >= 15 is 0 Å². The number of carbonyl (C=O) groups excluding carboxylic acids is 1. The first-order valence-electron chi connectivity index (χ1n) is 7.60. The van der Waals surface area contributed by atoms with Gasteiger partial charge >= 0.3 is 5.97 Å². The van der Waals surface area contributed by atoms with E-state index in [0.29, 0.717) is 19.4 Å². The molecule has 0 radical (unpaired) electrons. The Labute approximate surface area is 134 Å². The maximum absolute atomic E-state index is 12.2. The number of carboxylic acids is 1. The highest BCUT2D eigenvalue weighted by molar-refractivity contribution is 7.11. The highest BCUT2D eigenvalue weighted by Crippen LogP contribution is 2.29. The van der Waals surface area contributed by atoms with Crippen molar-refractivity contribution in [1.82, 2.24) is 15.5 Å². The Bertz CT molecular complexity index is 550. The van der Waals surface area contributed by atoms with Crippen LogP contribution < -0.4 is 5.32 Å². The van der Waals surface area contributed by atoms with Crippen LogP contribution in [0.5, 0.6) is 0 Å². The maximum Gasteiger partial charge on any atom is 0.306 e. The molecule has 22 heavy (non-hydrogen) atoms. The van der Waals surface area contributed by atoms with Crippen molar-refractivity contribution in [2.45, 2.75) is 58.4 Å². The molecule has 2 unspecified atom stereocenters. The topological polar surface area (TPSA) is 92.2 Å². The first-order valence-corrected chi connectivity index (χ1v) is 8.42. The molecule has 1 aromatic heterocycles. The molecule has 2 atom stereocenters. The van der Waals surface area contributed by atoms with Gasteiger partial charge < -0.3 is 10.4 Å². The van der Waals surface area contributed by atoms with Crippen molar-refractivity contribution in [2.75, 3.05) is 0 Å². The highest BCUT2D eigenvalue weighted by Gasteiger charge is 2.31. The number of nitrogens with zero attached hydrogens (tertiary/aromatic N) is 2. The molecule has 1 amide bonds. The zero-order valence-corrected chi connectivity index (χ0v) is 14.1. The molecule has 0 bridgehead atoms. The molecule has 0 spiro atoms. The summed E-state index contributed by atoms with van der Waals surface area (Å²) in [4.78, 5) is 23.2. The second-order valence-corrected chi connectivity index (χ2v) is 7.93. The van der Waals surface area contributed by atoms with E-state index in [-0.39, 0.29) is 17.2 Å². The molecule has 1 aliphatic rings. The van der Waals surface area contributed by atoms with Crippen LogP contribution in [0.4, 0.5) is 0 Å². The largest absolute Gasteiger partial charge is 0.481 e. The third kappa shape index (κ3) is 4.25. The van der Waals surface area contributed by atoms with Gasteiger partial charge in [-0.1, -0.05) is 38.5 Å². The first kappa shape index (κ1) is 16.9. The van der Waals surface area contributed by atoms with Gasteiger partial charge in [-0.2, -0.15) is 0 Å². The maximum atomic E-state index is 12.2. The standard InChI is InChI=1S/C15H23N3O3S/c1-15(2,3)14-18-17-11(22-14)8-16-12(19)9-5-4-6-10(7-9)13(20)21/h9-10H,4-8H2,1-3H3,(H,16,19)(H,20,21). The number of carboxylic acid groups (broad SMARTS) is 1. The minimum atomic E-state index is -0.795.